The van der Waals surface area contributed by atoms with Crippen LogP contribution in [-0.2, 0) is 11.3 Å². The summed E-state index contributed by atoms with van der Waals surface area (Å²) in [6.45, 7) is 9.39. The van der Waals surface area contributed by atoms with E-state index in [1.54, 1.807) is 12.1 Å². The second-order valence-corrected chi connectivity index (χ2v) is 5.62. The molecular formula is C15H25NO3. The maximum atomic E-state index is 9.59. The summed E-state index contributed by atoms with van der Waals surface area (Å²) < 4.78 is 5.74. The summed E-state index contributed by atoms with van der Waals surface area (Å²) in [5.41, 5.74) is 1.50. The Morgan fingerprint density at radius 2 is 2.00 bits per heavy atom. The van der Waals surface area contributed by atoms with Crippen LogP contribution in [0.4, 0.5) is 0 Å². The highest BCUT2D eigenvalue weighted by molar-refractivity contribution is 5.36. The minimum absolute atomic E-state index is 0.0199. The van der Waals surface area contributed by atoms with Crippen molar-refractivity contribution in [2.75, 3.05) is 13.2 Å². The first kappa shape index (κ1) is 16.0. The molecule has 19 heavy (non-hydrogen) atoms. The average molecular weight is 267 g/mol. The molecule has 1 unspecified atom stereocenters. The molecule has 4 nitrogen and oxygen atoms in total. The van der Waals surface area contributed by atoms with E-state index in [-0.39, 0.29) is 24.0 Å². The maximum Gasteiger partial charge on any atom is 0.121 e. The molecule has 1 atom stereocenters. The number of aliphatic hydroxyl groups excluding tert-OH is 1. The number of nitrogens with one attached hydrogen (secondary N) is 1. The molecule has 0 aliphatic rings. The van der Waals surface area contributed by atoms with E-state index in [1.165, 1.54) is 0 Å². The molecule has 4 heteroatoms. The number of benzene rings is 1. The Morgan fingerprint density at radius 1 is 1.32 bits per heavy atom. The first-order valence-corrected chi connectivity index (χ1v) is 6.66. The van der Waals surface area contributed by atoms with Crippen molar-refractivity contribution in [3.05, 3.63) is 29.3 Å². The largest absolute Gasteiger partial charge is 0.508 e. The lowest BCUT2D eigenvalue weighted by Crippen LogP contribution is -2.39. The van der Waals surface area contributed by atoms with Crippen LogP contribution in [0.25, 0.3) is 0 Å². The first-order chi connectivity index (χ1) is 8.87. The van der Waals surface area contributed by atoms with Gasteiger partial charge in [-0.25, -0.2) is 0 Å². The Balaban J connectivity index is 2.86. The van der Waals surface area contributed by atoms with Crippen LogP contribution < -0.4 is 5.32 Å². The molecular weight excluding hydrogens is 242 g/mol. The molecule has 0 fully saturated rings. The molecule has 1 rings (SSSR count). The van der Waals surface area contributed by atoms with Crippen LogP contribution in [0.2, 0.25) is 0 Å². The van der Waals surface area contributed by atoms with Crippen molar-refractivity contribution >= 4 is 0 Å². The topological polar surface area (TPSA) is 61.7 Å². The molecule has 0 amide bonds. The van der Waals surface area contributed by atoms with Crippen molar-refractivity contribution in [3.63, 3.8) is 0 Å². The van der Waals surface area contributed by atoms with Crippen molar-refractivity contribution in [1.29, 1.82) is 0 Å². The van der Waals surface area contributed by atoms with Gasteiger partial charge in [0.15, 0.2) is 0 Å². The predicted octanol–water partition coefficient (Wildman–Crippen LogP) is 2.35. The van der Waals surface area contributed by atoms with Crippen LogP contribution in [0.15, 0.2) is 18.2 Å². The Labute approximate surface area is 115 Å². The molecule has 1 aromatic rings. The molecule has 0 heterocycles. The van der Waals surface area contributed by atoms with E-state index in [0.29, 0.717) is 18.7 Å². The molecule has 0 spiro atoms. The van der Waals surface area contributed by atoms with Gasteiger partial charge in [0.1, 0.15) is 5.75 Å². The Hall–Kier alpha value is -1.10. The number of hydrogen-bond acceptors (Lipinski definition) is 4. The van der Waals surface area contributed by atoms with Gasteiger partial charge in [-0.05, 0) is 45.4 Å². The van der Waals surface area contributed by atoms with Gasteiger partial charge in [-0.2, -0.15) is 0 Å². The number of aromatic hydroxyl groups is 1. The minimum Gasteiger partial charge on any atom is -0.508 e. The third kappa shape index (κ3) is 5.19. The highest BCUT2D eigenvalue weighted by atomic mass is 16.5. The van der Waals surface area contributed by atoms with E-state index in [0.717, 1.165) is 5.56 Å². The van der Waals surface area contributed by atoms with Gasteiger partial charge in [0.05, 0.1) is 12.7 Å². The summed E-state index contributed by atoms with van der Waals surface area (Å²) in [6, 6.07) is 5.23. The van der Waals surface area contributed by atoms with Gasteiger partial charge in [0, 0.05) is 24.3 Å². The number of aliphatic hydroxyl groups is 1. The molecule has 0 saturated carbocycles. The van der Waals surface area contributed by atoms with E-state index in [2.05, 4.69) is 26.1 Å². The summed E-state index contributed by atoms with van der Waals surface area (Å²) in [7, 11) is 0. The Bertz CT molecular complexity index is 399. The molecule has 0 aliphatic carbocycles. The van der Waals surface area contributed by atoms with Crippen molar-refractivity contribution < 1.29 is 14.9 Å². The first-order valence-electron chi connectivity index (χ1n) is 6.66. The van der Waals surface area contributed by atoms with E-state index in [4.69, 9.17) is 4.74 Å². The molecule has 0 radical (unpaired) electrons. The van der Waals surface area contributed by atoms with E-state index < -0.39 is 0 Å². The van der Waals surface area contributed by atoms with Crippen molar-refractivity contribution in [2.24, 2.45) is 0 Å². The lowest BCUT2D eigenvalue weighted by molar-refractivity contribution is 0.0575. The lowest BCUT2D eigenvalue weighted by atomic mass is 10.0. The molecule has 0 saturated heterocycles. The minimum atomic E-state index is -0.175. The average Bonchev–Trinajstić information content (AvgIpc) is 2.34. The lowest BCUT2D eigenvalue weighted by Gasteiger charge is -2.26. The Kier molecular flexibility index (Phi) is 5.79. The quantitative estimate of drug-likeness (QED) is 0.740. The van der Waals surface area contributed by atoms with E-state index in [9.17, 15) is 10.2 Å². The van der Waals surface area contributed by atoms with Crippen molar-refractivity contribution in [1.82, 2.24) is 5.32 Å². The number of ether oxygens (including phenoxy) is 1. The van der Waals surface area contributed by atoms with Crippen LogP contribution in [0.5, 0.6) is 5.75 Å². The standard InChI is InChI=1S/C15H25NO3/c1-5-19-14(9-16-15(2,3)4)11-6-7-13(18)12(8-11)10-17/h6-8,14,16-18H,5,9-10H2,1-4H3. The third-order valence-electron chi connectivity index (χ3n) is 2.83. The van der Waals surface area contributed by atoms with Crippen LogP contribution in [0.1, 0.15) is 44.9 Å². The number of hydrogen-bond donors (Lipinski definition) is 3. The number of rotatable bonds is 6. The van der Waals surface area contributed by atoms with Gasteiger partial charge in [-0.3, -0.25) is 0 Å². The fourth-order valence-electron chi connectivity index (χ4n) is 1.81. The highest BCUT2D eigenvalue weighted by Crippen LogP contribution is 2.24. The van der Waals surface area contributed by atoms with Gasteiger partial charge >= 0.3 is 0 Å². The molecule has 0 aromatic heterocycles. The smallest absolute Gasteiger partial charge is 0.121 e. The van der Waals surface area contributed by atoms with Gasteiger partial charge in [-0.15, -0.1) is 0 Å². The molecule has 0 bridgehead atoms. The third-order valence-corrected chi connectivity index (χ3v) is 2.83. The fraction of sp³-hybridized carbons (Fsp3) is 0.600. The molecule has 0 aliphatic heterocycles. The molecule has 108 valence electrons. The maximum absolute atomic E-state index is 9.59. The van der Waals surface area contributed by atoms with Gasteiger partial charge < -0.3 is 20.3 Å². The van der Waals surface area contributed by atoms with E-state index in [1.807, 2.05) is 13.0 Å². The Morgan fingerprint density at radius 3 is 2.53 bits per heavy atom. The van der Waals surface area contributed by atoms with Gasteiger partial charge in [0.2, 0.25) is 0 Å². The monoisotopic (exact) mass is 267 g/mol. The van der Waals surface area contributed by atoms with Gasteiger partial charge in [-0.1, -0.05) is 6.07 Å². The molecule has 1 aromatic carbocycles. The summed E-state index contributed by atoms with van der Waals surface area (Å²) in [6.07, 6.45) is -0.0878. The fourth-order valence-corrected chi connectivity index (χ4v) is 1.81. The SMILES string of the molecule is CCOC(CNC(C)(C)C)c1ccc(O)c(CO)c1. The second-order valence-electron chi connectivity index (χ2n) is 5.62. The highest BCUT2D eigenvalue weighted by Gasteiger charge is 2.17. The predicted molar refractivity (Wildman–Crippen MR) is 76.2 cm³/mol. The van der Waals surface area contributed by atoms with Crippen molar-refractivity contribution in [3.8, 4) is 5.75 Å². The molecule has 3 N–H and O–H groups in total. The van der Waals surface area contributed by atoms with Crippen LogP contribution in [0, 0.1) is 0 Å². The van der Waals surface area contributed by atoms with Crippen LogP contribution in [0.3, 0.4) is 0 Å². The zero-order valence-corrected chi connectivity index (χ0v) is 12.2. The van der Waals surface area contributed by atoms with Crippen molar-refractivity contribution in [2.45, 2.75) is 45.9 Å². The summed E-state index contributed by atoms with van der Waals surface area (Å²) >= 11 is 0. The zero-order chi connectivity index (χ0) is 14.5. The summed E-state index contributed by atoms with van der Waals surface area (Å²) in [5, 5.41) is 22.2. The normalized spacial score (nSPS) is 13.5. The second kappa shape index (κ2) is 6.89. The number of phenols is 1. The van der Waals surface area contributed by atoms with Crippen LogP contribution in [-0.4, -0.2) is 28.9 Å². The summed E-state index contributed by atoms with van der Waals surface area (Å²) in [5.74, 6) is 0.116. The zero-order valence-electron chi connectivity index (χ0n) is 12.2. The summed E-state index contributed by atoms with van der Waals surface area (Å²) in [4.78, 5) is 0. The van der Waals surface area contributed by atoms with E-state index >= 15 is 0 Å². The van der Waals surface area contributed by atoms with Gasteiger partial charge in [0.25, 0.3) is 0 Å². The van der Waals surface area contributed by atoms with Crippen LogP contribution >= 0.6 is 0 Å².